The van der Waals surface area contributed by atoms with Crippen LogP contribution in [0.4, 0.5) is 0 Å². The molecule has 2 aromatic carbocycles. The molecule has 1 heteroatoms. The minimum Gasteiger partial charge on any atom is -0.0852 e. The van der Waals surface area contributed by atoms with Crippen LogP contribution in [0.25, 0.3) is 0 Å². The number of benzene rings is 2. The Morgan fingerprint density at radius 1 is 0.765 bits per heavy atom. The van der Waals surface area contributed by atoms with Gasteiger partial charge in [0.1, 0.15) is 7.85 Å². The van der Waals surface area contributed by atoms with Crippen molar-refractivity contribution in [3.63, 3.8) is 0 Å². The van der Waals surface area contributed by atoms with Crippen molar-refractivity contribution in [1.82, 2.24) is 0 Å². The molecule has 0 heterocycles. The Hall–Kier alpha value is -1.50. The van der Waals surface area contributed by atoms with E-state index in [0.717, 1.165) is 6.42 Å². The van der Waals surface area contributed by atoms with E-state index in [4.69, 9.17) is 0 Å². The molecule has 0 saturated heterocycles. The Morgan fingerprint density at radius 3 is 1.76 bits per heavy atom. The second-order valence-corrected chi connectivity index (χ2v) is 4.92. The maximum absolute atomic E-state index is 2.20. The first-order valence-corrected chi connectivity index (χ1v) is 6.20. The van der Waals surface area contributed by atoms with Crippen molar-refractivity contribution in [3.05, 3.63) is 64.2 Å². The van der Waals surface area contributed by atoms with Crippen LogP contribution in [0.1, 0.15) is 27.8 Å². The third-order valence-electron chi connectivity index (χ3n) is 3.64. The molecule has 0 spiro atoms. The zero-order chi connectivity index (χ0) is 12.4. The third-order valence-corrected chi connectivity index (χ3v) is 3.64. The second kappa shape index (κ2) is 4.79. The first kappa shape index (κ1) is 12.0. The Balaban J connectivity index is 2.45. The van der Waals surface area contributed by atoms with E-state index in [2.05, 4.69) is 65.0 Å². The summed E-state index contributed by atoms with van der Waals surface area (Å²) in [6.07, 6.45) is 1.05. The zero-order valence-corrected chi connectivity index (χ0v) is 11.2. The predicted molar refractivity (Wildman–Crippen MR) is 78.1 cm³/mol. The Bertz CT molecular complexity index is 451. The lowest BCUT2D eigenvalue weighted by Crippen LogP contribution is -2.13. The van der Waals surface area contributed by atoms with Crippen LogP contribution in [-0.4, -0.2) is 7.85 Å². The van der Waals surface area contributed by atoms with Crippen LogP contribution in [0.2, 0.25) is 0 Å². The summed E-state index contributed by atoms with van der Waals surface area (Å²) in [5, 5.41) is 0. The molecular formula is C16H19B. The molecule has 0 radical (unpaired) electrons. The van der Waals surface area contributed by atoms with Gasteiger partial charge in [0.25, 0.3) is 0 Å². The molecule has 17 heavy (non-hydrogen) atoms. The summed E-state index contributed by atoms with van der Waals surface area (Å²) in [4.78, 5) is 0. The van der Waals surface area contributed by atoms with E-state index in [9.17, 15) is 0 Å². The van der Waals surface area contributed by atoms with Crippen molar-refractivity contribution in [2.75, 3.05) is 0 Å². The fraction of sp³-hybridized carbons (Fsp3) is 0.250. The minimum atomic E-state index is 1.05. The maximum atomic E-state index is 2.20. The molecule has 0 aliphatic rings. The van der Waals surface area contributed by atoms with Crippen molar-refractivity contribution in [1.29, 1.82) is 0 Å². The molecule has 0 unspecified atom stereocenters. The van der Waals surface area contributed by atoms with Gasteiger partial charge < -0.3 is 0 Å². The summed E-state index contributed by atoms with van der Waals surface area (Å²) in [6, 6.07) is 13.1. The van der Waals surface area contributed by atoms with Gasteiger partial charge in [-0.3, -0.25) is 0 Å². The highest BCUT2D eigenvalue weighted by Crippen LogP contribution is 2.18. The summed E-state index contributed by atoms with van der Waals surface area (Å²) in [5.74, 6) is 0. The fourth-order valence-electron chi connectivity index (χ4n) is 2.43. The van der Waals surface area contributed by atoms with Crippen LogP contribution in [0.3, 0.4) is 0 Å². The molecule has 0 aliphatic heterocycles. The number of hydrogen-bond acceptors (Lipinski definition) is 0. The molecule has 0 amide bonds. The van der Waals surface area contributed by atoms with E-state index in [1.807, 2.05) is 0 Å². The monoisotopic (exact) mass is 222 g/mol. The van der Waals surface area contributed by atoms with Gasteiger partial charge in [0, 0.05) is 0 Å². The van der Waals surface area contributed by atoms with Crippen molar-refractivity contribution < 1.29 is 0 Å². The summed E-state index contributed by atoms with van der Waals surface area (Å²) in [7, 11) is 2.20. The molecule has 2 aromatic rings. The van der Waals surface area contributed by atoms with Gasteiger partial charge in [0.05, 0.1) is 0 Å². The van der Waals surface area contributed by atoms with Crippen LogP contribution in [0.15, 0.2) is 36.4 Å². The highest BCUT2D eigenvalue weighted by molar-refractivity contribution is 6.33. The van der Waals surface area contributed by atoms with Crippen molar-refractivity contribution in [2.24, 2.45) is 0 Å². The lowest BCUT2D eigenvalue weighted by atomic mass is 9.83. The number of hydrogen-bond donors (Lipinski definition) is 0. The molecule has 0 atom stereocenters. The maximum Gasteiger partial charge on any atom is 0.139 e. The van der Waals surface area contributed by atoms with E-state index < -0.39 is 0 Å². The van der Waals surface area contributed by atoms with Gasteiger partial charge in [-0.15, -0.1) is 0 Å². The molecule has 86 valence electrons. The predicted octanol–water partition coefficient (Wildman–Crippen LogP) is 2.46. The Labute approximate surface area is 105 Å². The Kier molecular flexibility index (Phi) is 3.37. The van der Waals surface area contributed by atoms with Gasteiger partial charge in [-0.05, 0) is 55.0 Å². The minimum absolute atomic E-state index is 1.05. The topological polar surface area (TPSA) is 0 Å². The van der Waals surface area contributed by atoms with Crippen molar-refractivity contribution in [3.8, 4) is 0 Å². The smallest absolute Gasteiger partial charge is 0.0852 e. The quantitative estimate of drug-likeness (QED) is 0.684. The number of rotatable bonds is 2. The lowest BCUT2D eigenvalue weighted by Gasteiger charge is -2.14. The first-order valence-electron chi connectivity index (χ1n) is 6.20. The second-order valence-electron chi connectivity index (χ2n) is 4.92. The lowest BCUT2D eigenvalue weighted by molar-refractivity contribution is 1.11. The Morgan fingerprint density at radius 2 is 1.24 bits per heavy atom. The van der Waals surface area contributed by atoms with E-state index in [1.165, 1.54) is 33.3 Å². The molecular weight excluding hydrogens is 203 g/mol. The highest BCUT2D eigenvalue weighted by Gasteiger charge is 2.07. The average molecular weight is 222 g/mol. The van der Waals surface area contributed by atoms with Gasteiger partial charge >= 0.3 is 0 Å². The van der Waals surface area contributed by atoms with Gasteiger partial charge in [0.15, 0.2) is 0 Å². The van der Waals surface area contributed by atoms with Crippen LogP contribution >= 0.6 is 0 Å². The molecule has 0 fully saturated rings. The normalized spacial score (nSPS) is 10.5. The van der Waals surface area contributed by atoms with Gasteiger partial charge in [-0.2, -0.15) is 0 Å². The number of aryl methyl sites for hydroxylation is 3. The third kappa shape index (κ3) is 2.44. The molecule has 0 aliphatic carbocycles. The molecule has 0 bridgehead atoms. The zero-order valence-electron chi connectivity index (χ0n) is 11.2. The van der Waals surface area contributed by atoms with Gasteiger partial charge in [-0.25, -0.2) is 0 Å². The highest BCUT2D eigenvalue weighted by atomic mass is 14.1. The van der Waals surface area contributed by atoms with Crippen molar-refractivity contribution in [2.45, 2.75) is 27.2 Å². The molecule has 2 rings (SSSR count). The van der Waals surface area contributed by atoms with Gasteiger partial charge in [-0.1, -0.05) is 41.9 Å². The summed E-state index contributed by atoms with van der Waals surface area (Å²) >= 11 is 0. The van der Waals surface area contributed by atoms with Crippen LogP contribution in [0.5, 0.6) is 0 Å². The largest absolute Gasteiger partial charge is 0.139 e. The van der Waals surface area contributed by atoms with E-state index in [1.54, 1.807) is 0 Å². The summed E-state index contributed by atoms with van der Waals surface area (Å²) < 4.78 is 0. The van der Waals surface area contributed by atoms with Crippen LogP contribution in [-0.2, 0) is 6.42 Å². The van der Waals surface area contributed by atoms with Crippen LogP contribution < -0.4 is 5.46 Å². The molecule has 0 aromatic heterocycles. The van der Waals surface area contributed by atoms with Crippen molar-refractivity contribution >= 4 is 13.3 Å². The summed E-state index contributed by atoms with van der Waals surface area (Å²) in [6.45, 7) is 6.61. The van der Waals surface area contributed by atoms with E-state index in [-0.39, 0.29) is 0 Å². The molecule has 0 N–H and O–H groups in total. The molecule has 0 saturated carbocycles. The fourth-order valence-corrected chi connectivity index (χ4v) is 2.43. The first-order chi connectivity index (χ1) is 8.09. The standard InChI is InChI=1S/C16H19B/c1-11-6-4-7-12(2)14(11)10-15-13(3)8-5-9-16(15)17/h4-9H,10,17H2,1-3H3. The SMILES string of the molecule is Bc1cccc(C)c1Cc1c(C)cccc1C. The van der Waals surface area contributed by atoms with E-state index in [0.29, 0.717) is 0 Å². The average Bonchev–Trinajstić information content (AvgIpc) is 2.27. The van der Waals surface area contributed by atoms with E-state index >= 15 is 0 Å². The summed E-state index contributed by atoms with van der Waals surface area (Å²) in [5.41, 5.74) is 8.54. The van der Waals surface area contributed by atoms with Crippen LogP contribution in [0, 0.1) is 20.8 Å². The van der Waals surface area contributed by atoms with Gasteiger partial charge in [0.2, 0.25) is 0 Å². The molecule has 0 nitrogen and oxygen atoms in total.